The minimum atomic E-state index is -0.814. The van der Waals surface area contributed by atoms with Crippen LogP contribution in [0.4, 0.5) is 11.4 Å². The first-order chi connectivity index (χ1) is 28.7. The summed E-state index contributed by atoms with van der Waals surface area (Å²) in [5.41, 5.74) is 6.88. The largest absolute Gasteiger partial charge is 0.493 e. The second-order valence-electron chi connectivity index (χ2n) is 13.8. The van der Waals surface area contributed by atoms with Crippen molar-refractivity contribution in [3.8, 4) is 34.8 Å². The number of methoxy groups -OCH3 is 2. The van der Waals surface area contributed by atoms with Gasteiger partial charge in [-0.2, -0.15) is 0 Å². The van der Waals surface area contributed by atoms with E-state index in [4.69, 9.17) is 29.0 Å². The molecule has 12 nitrogen and oxygen atoms in total. The first-order valence-corrected chi connectivity index (χ1v) is 20.0. The fourth-order valence-corrected chi connectivity index (χ4v) is 6.56. The number of carboxylic acid groups (broad SMARTS) is 1. The van der Waals surface area contributed by atoms with Crippen molar-refractivity contribution in [2.24, 2.45) is 9.98 Å². The third-order valence-corrected chi connectivity index (χ3v) is 9.81. The van der Waals surface area contributed by atoms with Crippen LogP contribution in [0.15, 0.2) is 81.9 Å². The number of benzene rings is 3. The number of aliphatic imine (C=N–C) groups is 2. The number of carboxylic acids is 1. The smallest absolute Gasteiger partial charge is 0.303 e. The highest BCUT2D eigenvalue weighted by molar-refractivity contribution is 5.77. The lowest BCUT2D eigenvalue weighted by Gasteiger charge is -2.38. The summed E-state index contributed by atoms with van der Waals surface area (Å²) in [6, 6.07) is 14.8. The van der Waals surface area contributed by atoms with E-state index >= 15 is 0 Å². The van der Waals surface area contributed by atoms with Gasteiger partial charge in [-0.05, 0) is 93.1 Å². The van der Waals surface area contributed by atoms with Gasteiger partial charge in [0.05, 0.1) is 37.7 Å². The molecule has 312 valence electrons. The molecule has 3 aromatic carbocycles. The molecule has 2 atom stereocenters. The van der Waals surface area contributed by atoms with Gasteiger partial charge >= 0.3 is 5.97 Å². The maximum absolute atomic E-state index is 11.7. The first-order valence-electron chi connectivity index (χ1n) is 20.0. The summed E-state index contributed by atoms with van der Waals surface area (Å²) in [7, 11) is 3.17. The molecular weight excluding hydrogens is 749 g/mol. The Kier molecular flexibility index (Phi) is 17.8. The van der Waals surface area contributed by atoms with Crippen LogP contribution < -0.4 is 18.9 Å². The summed E-state index contributed by atoms with van der Waals surface area (Å²) in [6.45, 7) is 10.8. The lowest BCUT2D eigenvalue weighted by Crippen LogP contribution is -2.45. The lowest BCUT2D eigenvalue weighted by atomic mass is 10.0. The van der Waals surface area contributed by atoms with E-state index in [1.165, 1.54) is 5.57 Å². The number of carbonyl (C=O) groups excluding carboxylic acids is 2. The van der Waals surface area contributed by atoms with Crippen LogP contribution in [0.3, 0.4) is 0 Å². The number of likely N-dealkylation sites (tertiary alicyclic amines) is 2. The summed E-state index contributed by atoms with van der Waals surface area (Å²) in [4.78, 5) is 46.9. The van der Waals surface area contributed by atoms with Crippen molar-refractivity contribution in [2.45, 2.75) is 98.4 Å². The Hall–Kier alpha value is -6.35. The second kappa shape index (κ2) is 23.2. The molecule has 0 bridgehead atoms. The number of carbonyl (C=O) groups is 3. The van der Waals surface area contributed by atoms with Crippen molar-refractivity contribution in [3.63, 3.8) is 0 Å². The van der Waals surface area contributed by atoms with E-state index in [1.807, 2.05) is 89.4 Å². The van der Waals surface area contributed by atoms with Crippen LogP contribution in [0.1, 0.15) is 88.5 Å². The number of ether oxygens (including phenoxy) is 4. The molecule has 2 aliphatic rings. The van der Waals surface area contributed by atoms with E-state index in [0.717, 1.165) is 53.6 Å². The Bertz CT molecular complexity index is 2110. The van der Waals surface area contributed by atoms with Crippen LogP contribution in [0.5, 0.6) is 23.0 Å². The van der Waals surface area contributed by atoms with E-state index in [1.54, 1.807) is 42.4 Å². The Morgan fingerprint density at radius 3 is 2.15 bits per heavy atom. The van der Waals surface area contributed by atoms with E-state index in [0.29, 0.717) is 60.2 Å². The quantitative estimate of drug-likeness (QED) is 0.0442. The number of hydrogen-bond donors (Lipinski definition) is 1. The van der Waals surface area contributed by atoms with E-state index in [2.05, 4.69) is 16.8 Å². The van der Waals surface area contributed by atoms with Gasteiger partial charge in [0.15, 0.2) is 23.0 Å². The van der Waals surface area contributed by atoms with Crippen LogP contribution >= 0.6 is 0 Å². The van der Waals surface area contributed by atoms with Gasteiger partial charge in [-0.25, -0.2) is 0 Å². The third kappa shape index (κ3) is 12.8. The van der Waals surface area contributed by atoms with Gasteiger partial charge in [0, 0.05) is 61.6 Å². The summed E-state index contributed by atoms with van der Waals surface area (Å²) in [5, 5.41) is 8.97. The van der Waals surface area contributed by atoms with Crippen LogP contribution in [-0.4, -0.2) is 79.0 Å². The number of hydrogen-bond acceptors (Lipinski definition) is 9. The highest BCUT2D eigenvalue weighted by Gasteiger charge is 2.30. The number of aliphatic carboxylic acids is 1. The molecule has 2 aliphatic heterocycles. The van der Waals surface area contributed by atoms with Crippen LogP contribution in [-0.2, 0) is 27.6 Å². The molecule has 5 rings (SSSR count). The molecule has 2 amide bonds. The van der Waals surface area contributed by atoms with Crippen LogP contribution in [0.25, 0.3) is 0 Å². The number of unbranched alkanes of at least 4 members (excludes halogenated alkanes) is 2. The summed E-state index contributed by atoms with van der Waals surface area (Å²) in [5.74, 6) is 7.72. The van der Waals surface area contributed by atoms with Crippen molar-refractivity contribution in [3.05, 3.63) is 94.2 Å². The monoisotopic (exact) mass is 804 g/mol. The highest BCUT2D eigenvalue weighted by atomic mass is 16.5. The maximum Gasteiger partial charge on any atom is 0.303 e. The Morgan fingerprint density at radius 2 is 1.53 bits per heavy atom. The fraction of sp³-hybridized carbons (Fsp3) is 0.383. The molecule has 1 N–H and O–H groups in total. The number of nitrogens with zero attached hydrogens (tertiary/aromatic N) is 4. The normalized spacial score (nSPS) is 17.3. The van der Waals surface area contributed by atoms with Crippen molar-refractivity contribution in [1.82, 2.24) is 9.80 Å². The van der Waals surface area contributed by atoms with Gasteiger partial charge in [0.2, 0.25) is 12.8 Å². The molecule has 2 unspecified atom stereocenters. The van der Waals surface area contributed by atoms with E-state index < -0.39 is 5.97 Å². The zero-order valence-corrected chi connectivity index (χ0v) is 35.2. The fourth-order valence-electron chi connectivity index (χ4n) is 6.56. The average Bonchev–Trinajstić information content (AvgIpc) is 3.66. The summed E-state index contributed by atoms with van der Waals surface area (Å²) in [6.07, 6.45) is 12.6. The van der Waals surface area contributed by atoms with E-state index in [9.17, 15) is 14.4 Å². The van der Waals surface area contributed by atoms with Crippen LogP contribution in [0.2, 0.25) is 0 Å². The number of allylic oxidation sites excluding steroid dienone is 2. The molecule has 3 aromatic rings. The molecule has 59 heavy (non-hydrogen) atoms. The Balaban J connectivity index is 0.00000378. The molecule has 12 heteroatoms. The molecule has 0 radical (unpaired) electrons. The molecule has 0 spiro atoms. The summed E-state index contributed by atoms with van der Waals surface area (Å²) < 4.78 is 24.0. The molecule has 2 saturated heterocycles. The Labute approximate surface area is 348 Å². The molecule has 2 heterocycles. The molecule has 0 aromatic heterocycles. The molecule has 0 aliphatic carbocycles. The standard InChI is InChI=1S/C45H50N4O8.C2H6/c1-6-32-20-38(48(26-32)29-50)24-47-40-23-44(42(55-5)16-31(40)3)57-28-35-18-33(12-10-8-9-11-13-45(52)53)17-34(19-35)27-56-43-21-36(14-15-41(43)54-4)46-25-39-22-37(7-2)49(39)30-51;1-2/h6-7,14-19,21,23-25,29-30,38-39H,8-9,11,13,20,22,26-28H2,1-5H3,(H,52,53);1-2H3/b32-6+,37-7+,46-25?,47-24?;. The predicted octanol–water partition coefficient (Wildman–Crippen LogP) is 8.91. The number of amides is 2. The summed E-state index contributed by atoms with van der Waals surface area (Å²) >= 11 is 0. The average molecular weight is 805 g/mol. The van der Waals surface area contributed by atoms with Crippen molar-refractivity contribution in [2.75, 3.05) is 20.8 Å². The van der Waals surface area contributed by atoms with E-state index in [-0.39, 0.29) is 31.7 Å². The van der Waals surface area contributed by atoms with Crippen molar-refractivity contribution >= 4 is 42.6 Å². The minimum Gasteiger partial charge on any atom is -0.493 e. The minimum absolute atomic E-state index is 0.0981. The zero-order valence-electron chi connectivity index (χ0n) is 35.2. The number of aryl methyl sites for hydroxylation is 1. The highest BCUT2D eigenvalue weighted by Crippen LogP contribution is 2.36. The van der Waals surface area contributed by atoms with Gasteiger partial charge < -0.3 is 33.9 Å². The SMILES string of the molecule is C/C=C1\CC(C=Nc2cc(OCc3cc(C#CCCCCC(=O)O)cc(COc4cc(N=CC5C/C(=C\C)N5C=O)ccc4OC)c3)c(OC)cc2C)N(C=O)C1.CC. The van der Waals surface area contributed by atoms with Crippen molar-refractivity contribution < 1.29 is 38.4 Å². The Morgan fingerprint density at radius 1 is 0.831 bits per heavy atom. The molecular formula is C47H56N4O8. The topological polar surface area (TPSA) is 140 Å². The van der Waals surface area contributed by atoms with Gasteiger partial charge in [-0.1, -0.05) is 43.4 Å². The maximum atomic E-state index is 11.7. The van der Waals surface area contributed by atoms with Crippen LogP contribution in [0, 0.1) is 18.8 Å². The van der Waals surface area contributed by atoms with Crippen molar-refractivity contribution in [1.29, 1.82) is 0 Å². The molecule has 0 saturated carbocycles. The van der Waals surface area contributed by atoms with Gasteiger partial charge in [-0.15, -0.1) is 0 Å². The van der Waals surface area contributed by atoms with Gasteiger partial charge in [-0.3, -0.25) is 24.4 Å². The zero-order chi connectivity index (χ0) is 42.7. The first kappa shape index (κ1) is 45.4. The number of rotatable bonds is 18. The third-order valence-electron chi connectivity index (χ3n) is 9.81. The van der Waals surface area contributed by atoms with Gasteiger partial charge in [0.1, 0.15) is 13.2 Å². The lowest BCUT2D eigenvalue weighted by molar-refractivity contribution is -0.137. The second-order valence-corrected chi connectivity index (χ2v) is 13.8. The predicted molar refractivity (Wildman–Crippen MR) is 231 cm³/mol. The van der Waals surface area contributed by atoms with Gasteiger partial charge in [0.25, 0.3) is 0 Å². The molecule has 2 fully saturated rings.